The first-order valence-electron chi connectivity index (χ1n) is 5.12. The third-order valence-electron chi connectivity index (χ3n) is 2.22. The van der Waals surface area contributed by atoms with Gasteiger partial charge in [-0.1, -0.05) is 18.2 Å². The van der Waals surface area contributed by atoms with Crippen molar-refractivity contribution >= 4 is 33.8 Å². The lowest BCUT2D eigenvalue weighted by molar-refractivity contribution is 1.26. The summed E-state index contributed by atoms with van der Waals surface area (Å²) in [7, 11) is 0. The van der Waals surface area contributed by atoms with E-state index in [0.29, 0.717) is 6.54 Å². The van der Waals surface area contributed by atoms with Crippen LogP contribution in [0, 0.1) is 0 Å². The summed E-state index contributed by atoms with van der Waals surface area (Å²) in [5.74, 6) is 0. The van der Waals surface area contributed by atoms with Gasteiger partial charge >= 0.3 is 0 Å². The maximum atomic E-state index is 5.42. The number of hydrogen-bond donors (Lipinski definition) is 1. The van der Waals surface area contributed by atoms with E-state index in [4.69, 9.17) is 5.73 Å². The van der Waals surface area contributed by atoms with Crippen molar-refractivity contribution in [3.8, 4) is 0 Å². The molecule has 1 aromatic rings. The van der Waals surface area contributed by atoms with E-state index < -0.39 is 0 Å². The molecule has 1 aromatic carbocycles. The third-order valence-corrected chi connectivity index (χ3v) is 4.55. The lowest BCUT2D eigenvalue weighted by atomic mass is 10.2. The number of benzene rings is 1. The fourth-order valence-electron chi connectivity index (χ4n) is 1.29. The highest BCUT2D eigenvalue weighted by molar-refractivity contribution is 9.10. The summed E-state index contributed by atoms with van der Waals surface area (Å²) >= 11 is 5.58. The minimum atomic E-state index is 0.593. The van der Waals surface area contributed by atoms with Crippen LogP contribution in [0.1, 0.15) is 18.4 Å². The van der Waals surface area contributed by atoms with Gasteiger partial charge in [0.2, 0.25) is 0 Å². The molecule has 0 bridgehead atoms. The molecule has 0 saturated heterocycles. The Bertz CT molecular complexity index is 372. The molecular formula is C12H14BrNS. The first-order chi connectivity index (χ1) is 7.29. The number of hydrogen-bond acceptors (Lipinski definition) is 2. The summed E-state index contributed by atoms with van der Waals surface area (Å²) in [6, 6.07) is 6.47. The van der Waals surface area contributed by atoms with Gasteiger partial charge in [0, 0.05) is 21.2 Å². The number of nitrogens with two attached hydrogens (primary N) is 1. The molecule has 1 nitrogen and oxygen atoms in total. The van der Waals surface area contributed by atoms with Crippen molar-refractivity contribution in [3.05, 3.63) is 34.3 Å². The maximum absolute atomic E-state index is 5.42. The molecule has 0 amide bonds. The summed E-state index contributed by atoms with van der Waals surface area (Å²) in [6.07, 6.45) is 6.75. The minimum Gasteiger partial charge on any atom is -0.327 e. The fraction of sp³-hybridized carbons (Fsp3) is 0.333. The minimum absolute atomic E-state index is 0.593. The molecule has 0 spiro atoms. The molecule has 0 atom stereocenters. The summed E-state index contributed by atoms with van der Waals surface area (Å²) in [4.78, 5) is 1.35. The quantitative estimate of drug-likeness (QED) is 0.912. The molecule has 2 N–H and O–H groups in total. The van der Waals surface area contributed by atoms with Gasteiger partial charge in [-0.15, -0.1) is 11.8 Å². The molecule has 1 aliphatic rings. The van der Waals surface area contributed by atoms with Gasteiger partial charge in [-0.05, 0) is 46.5 Å². The van der Waals surface area contributed by atoms with E-state index in [1.165, 1.54) is 27.8 Å². The maximum Gasteiger partial charge on any atom is 0.0317 e. The van der Waals surface area contributed by atoms with Crippen LogP contribution in [0.25, 0.3) is 6.08 Å². The van der Waals surface area contributed by atoms with Crippen molar-refractivity contribution in [2.24, 2.45) is 5.73 Å². The molecule has 80 valence electrons. The fourth-order valence-corrected chi connectivity index (χ4v) is 3.01. The molecule has 0 radical (unpaired) electrons. The van der Waals surface area contributed by atoms with E-state index in [1.54, 1.807) is 0 Å². The van der Waals surface area contributed by atoms with E-state index in [1.807, 2.05) is 17.8 Å². The summed E-state index contributed by atoms with van der Waals surface area (Å²) < 4.78 is 1.19. The van der Waals surface area contributed by atoms with Crippen LogP contribution in [0.4, 0.5) is 0 Å². The Morgan fingerprint density at radius 1 is 1.47 bits per heavy atom. The van der Waals surface area contributed by atoms with E-state index in [-0.39, 0.29) is 0 Å². The second-order valence-electron chi connectivity index (χ2n) is 3.65. The zero-order valence-corrected chi connectivity index (χ0v) is 10.9. The lowest BCUT2D eigenvalue weighted by Crippen LogP contribution is -1.91. The smallest absolute Gasteiger partial charge is 0.0317 e. The predicted octanol–water partition coefficient (Wildman–Crippen LogP) is 3.68. The second kappa shape index (κ2) is 5.19. The summed E-state index contributed by atoms with van der Waals surface area (Å²) in [5.41, 5.74) is 6.62. The summed E-state index contributed by atoms with van der Waals surface area (Å²) in [5, 5.41) is 0.853. The van der Waals surface area contributed by atoms with Crippen molar-refractivity contribution in [1.82, 2.24) is 0 Å². The van der Waals surface area contributed by atoms with Gasteiger partial charge in [0.05, 0.1) is 0 Å². The van der Waals surface area contributed by atoms with Crippen LogP contribution in [-0.2, 0) is 0 Å². The van der Waals surface area contributed by atoms with Gasteiger partial charge < -0.3 is 5.73 Å². The highest BCUT2D eigenvalue weighted by atomic mass is 79.9. The first kappa shape index (κ1) is 11.2. The lowest BCUT2D eigenvalue weighted by Gasteiger charge is -2.03. The van der Waals surface area contributed by atoms with Gasteiger partial charge in [-0.25, -0.2) is 0 Å². The van der Waals surface area contributed by atoms with E-state index in [0.717, 1.165) is 5.25 Å². The van der Waals surface area contributed by atoms with Gasteiger partial charge in [0.25, 0.3) is 0 Å². The number of rotatable bonds is 4. The van der Waals surface area contributed by atoms with E-state index >= 15 is 0 Å². The Morgan fingerprint density at radius 2 is 2.27 bits per heavy atom. The molecule has 0 heterocycles. The van der Waals surface area contributed by atoms with Crippen LogP contribution in [0.5, 0.6) is 0 Å². The molecule has 1 saturated carbocycles. The van der Waals surface area contributed by atoms with Crippen LogP contribution in [0.2, 0.25) is 0 Å². The van der Waals surface area contributed by atoms with E-state index in [2.05, 4.69) is 40.2 Å². The largest absolute Gasteiger partial charge is 0.327 e. The molecule has 2 rings (SSSR count). The standard InChI is InChI=1S/C12H14BrNS/c13-11-8-9(2-1-7-14)3-6-12(11)15-10-4-5-10/h1-3,6,8,10H,4-5,7,14H2/b2-1+. The van der Waals surface area contributed by atoms with Gasteiger partial charge in [0.15, 0.2) is 0 Å². The molecule has 15 heavy (non-hydrogen) atoms. The third kappa shape index (κ3) is 3.37. The number of thioether (sulfide) groups is 1. The van der Waals surface area contributed by atoms with Crippen LogP contribution in [-0.4, -0.2) is 11.8 Å². The molecule has 1 aliphatic carbocycles. The van der Waals surface area contributed by atoms with Gasteiger partial charge in [-0.3, -0.25) is 0 Å². The summed E-state index contributed by atoms with van der Waals surface area (Å²) in [6.45, 7) is 0.593. The van der Waals surface area contributed by atoms with Crippen molar-refractivity contribution < 1.29 is 0 Å². The Kier molecular flexibility index (Phi) is 3.89. The Balaban J connectivity index is 2.10. The number of halogens is 1. The average Bonchev–Trinajstić information content (AvgIpc) is 3.02. The van der Waals surface area contributed by atoms with Crippen LogP contribution in [0.15, 0.2) is 33.6 Å². The molecule has 3 heteroatoms. The predicted molar refractivity (Wildman–Crippen MR) is 71.1 cm³/mol. The SMILES string of the molecule is NC/C=C/c1ccc(SC2CC2)c(Br)c1. The average molecular weight is 284 g/mol. The zero-order valence-electron chi connectivity index (χ0n) is 8.45. The normalized spacial score (nSPS) is 16.1. The van der Waals surface area contributed by atoms with E-state index in [9.17, 15) is 0 Å². The topological polar surface area (TPSA) is 26.0 Å². The Labute approximate surface area is 103 Å². The zero-order chi connectivity index (χ0) is 10.7. The van der Waals surface area contributed by atoms with Crippen molar-refractivity contribution in [3.63, 3.8) is 0 Å². The van der Waals surface area contributed by atoms with Crippen LogP contribution >= 0.6 is 27.7 Å². The highest BCUT2D eigenvalue weighted by Crippen LogP contribution is 2.42. The van der Waals surface area contributed by atoms with Crippen molar-refractivity contribution in [2.45, 2.75) is 23.0 Å². The van der Waals surface area contributed by atoms with Gasteiger partial charge in [0.1, 0.15) is 0 Å². The van der Waals surface area contributed by atoms with Crippen molar-refractivity contribution in [1.29, 1.82) is 0 Å². The van der Waals surface area contributed by atoms with Crippen LogP contribution in [0.3, 0.4) is 0 Å². The Morgan fingerprint density at radius 3 is 2.87 bits per heavy atom. The molecular weight excluding hydrogens is 270 g/mol. The Hall–Kier alpha value is -0.250. The molecule has 0 aromatic heterocycles. The highest BCUT2D eigenvalue weighted by Gasteiger charge is 2.23. The monoisotopic (exact) mass is 283 g/mol. The van der Waals surface area contributed by atoms with Crippen LogP contribution < -0.4 is 5.73 Å². The molecule has 0 unspecified atom stereocenters. The van der Waals surface area contributed by atoms with Gasteiger partial charge in [-0.2, -0.15) is 0 Å². The molecule has 1 fully saturated rings. The van der Waals surface area contributed by atoms with Crippen molar-refractivity contribution in [2.75, 3.05) is 6.54 Å². The second-order valence-corrected chi connectivity index (χ2v) is 5.84. The first-order valence-corrected chi connectivity index (χ1v) is 6.79. The molecule has 0 aliphatic heterocycles.